The van der Waals surface area contributed by atoms with Crippen LogP contribution in [-0.2, 0) is 0 Å². The molecule has 0 unspecified atom stereocenters. The molecule has 0 atom stereocenters. The molecule has 0 aromatic heterocycles. The molecule has 0 bridgehead atoms. The summed E-state index contributed by atoms with van der Waals surface area (Å²) >= 11 is 4.90. The van der Waals surface area contributed by atoms with Crippen molar-refractivity contribution in [3.63, 3.8) is 0 Å². The number of benzene rings is 1. The van der Waals surface area contributed by atoms with Gasteiger partial charge in [0.2, 0.25) is 0 Å². The summed E-state index contributed by atoms with van der Waals surface area (Å²) in [5.41, 5.74) is 3.71. The van der Waals surface area contributed by atoms with Crippen LogP contribution in [0.5, 0.6) is 0 Å². The molecule has 3 nitrogen and oxygen atoms in total. The van der Waals surface area contributed by atoms with Crippen LogP contribution in [0, 0.1) is 17.5 Å². The highest BCUT2D eigenvalue weighted by molar-refractivity contribution is 7.80. The quantitative estimate of drug-likeness (QED) is 0.822. The standard InChI is InChI=1S/C13H15F3N2OS/c1-3-13(4-2,12(17)20)18-11(19)10-8(15)5-7(14)6-9(10)16/h5-6H,3-4H2,1-2H3,(H2,17,20)(H,18,19). The van der Waals surface area contributed by atoms with Gasteiger partial charge in [-0.2, -0.15) is 0 Å². The Kier molecular flexibility index (Phi) is 5.10. The Bertz CT molecular complexity index is 521. The Hall–Kier alpha value is -1.63. The lowest BCUT2D eigenvalue weighted by Crippen LogP contribution is -2.56. The van der Waals surface area contributed by atoms with Crippen molar-refractivity contribution >= 4 is 23.1 Å². The number of amides is 1. The van der Waals surface area contributed by atoms with Crippen LogP contribution >= 0.6 is 12.2 Å². The Balaban J connectivity index is 3.17. The Morgan fingerprint density at radius 3 is 2.05 bits per heavy atom. The molecular weight excluding hydrogens is 289 g/mol. The van der Waals surface area contributed by atoms with E-state index in [4.69, 9.17) is 18.0 Å². The highest BCUT2D eigenvalue weighted by Crippen LogP contribution is 2.20. The van der Waals surface area contributed by atoms with E-state index in [9.17, 15) is 18.0 Å². The summed E-state index contributed by atoms with van der Waals surface area (Å²) < 4.78 is 39.9. The number of rotatable bonds is 5. The van der Waals surface area contributed by atoms with Crippen molar-refractivity contribution in [2.75, 3.05) is 0 Å². The largest absolute Gasteiger partial charge is 0.391 e. The van der Waals surface area contributed by atoms with Gasteiger partial charge in [-0.1, -0.05) is 26.1 Å². The molecule has 0 fully saturated rings. The molecular formula is C13H15F3N2OS. The molecule has 20 heavy (non-hydrogen) atoms. The molecule has 0 saturated carbocycles. The minimum atomic E-state index is -1.27. The molecule has 1 rings (SSSR count). The fourth-order valence-corrected chi connectivity index (χ4v) is 2.22. The van der Waals surface area contributed by atoms with Crippen LogP contribution in [0.4, 0.5) is 13.2 Å². The van der Waals surface area contributed by atoms with E-state index in [1.165, 1.54) is 0 Å². The SMILES string of the molecule is CCC(CC)(NC(=O)c1c(F)cc(F)cc1F)C(N)=S. The van der Waals surface area contributed by atoms with Crippen molar-refractivity contribution in [3.05, 3.63) is 35.1 Å². The zero-order chi connectivity index (χ0) is 15.5. The number of nitrogens with one attached hydrogen (secondary N) is 1. The van der Waals surface area contributed by atoms with Gasteiger partial charge in [-0.15, -0.1) is 0 Å². The molecule has 1 aromatic carbocycles. The van der Waals surface area contributed by atoms with Crippen LogP contribution in [0.25, 0.3) is 0 Å². The zero-order valence-electron chi connectivity index (χ0n) is 11.1. The number of nitrogens with two attached hydrogens (primary N) is 1. The van der Waals surface area contributed by atoms with Gasteiger partial charge in [-0.3, -0.25) is 4.79 Å². The third-order valence-corrected chi connectivity index (χ3v) is 3.66. The Labute approximate surface area is 120 Å². The predicted molar refractivity (Wildman–Crippen MR) is 73.9 cm³/mol. The maximum absolute atomic E-state index is 13.5. The van der Waals surface area contributed by atoms with E-state index in [1.807, 2.05) is 0 Å². The Morgan fingerprint density at radius 1 is 1.25 bits per heavy atom. The highest BCUT2D eigenvalue weighted by Gasteiger charge is 2.33. The smallest absolute Gasteiger partial charge is 0.258 e. The monoisotopic (exact) mass is 304 g/mol. The maximum atomic E-state index is 13.5. The molecule has 7 heteroatoms. The molecule has 0 radical (unpaired) electrons. The van der Waals surface area contributed by atoms with Crippen LogP contribution < -0.4 is 11.1 Å². The third kappa shape index (κ3) is 3.09. The normalized spacial score (nSPS) is 11.2. The van der Waals surface area contributed by atoms with Crippen molar-refractivity contribution in [2.45, 2.75) is 32.2 Å². The second-order valence-electron chi connectivity index (χ2n) is 4.35. The first-order chi connectivity index (χ1) is 9.27. The summed E-state index contributed by atoms with van der Waals surface area (Å²) in [6.07, 6.45) is 0.740. The molecule has 0 saturated heterocycles. The van der Waals surface area contributed by atoms with E-state index in [0.717, 1.165) is 0 Å². The average Bonchev–Trinajstić information content (AvgIpc) is 2.34. The highest BCUT2D eigenvalue weighted by atomic mass is 32.1. The van der Waals surface area contributed by atoms with Gasteiger partial charge in [0.25, 0.3) is 5.91 Å². The average molecular weight is 304 g/mol. The first-order valence-electron chi connectivity index (χ1n) is 6.04. The number of thiocarbonyl (C=S) groups is 1. The van der Waals surface area contributed by atoms with Crippen LogP contribution in [0.3, 0.4) is 0 Å². The molecule has 1 aromatic rings. The van der Waals surface area contributed by atoms with E-state index in [2.05, 4.69) is 5.32 Å². The van der Waals surface area contributed by atoms with E-state index in [1.54, 1.807) is 13.8 Å². The van der Waals surface area contributed by atoms with Crippen molar-refractivity contribution < 1.29 is 18.0 Å². The first kappa shape index (κ1) is 16.4. The second kappa shape index (κ2) is 6.21. The summed E-state index contributed by atoms with van der Waals surface area (Å²) in [5.74, 6) is -4.66. The molecule has 110 valence electrons. The number of carbonyl (C=O) groups excluding carboxylic acids is 1. The van der Waals surface area contributed by atoms with Crippen molar-refractivity contribution in [1.82, 2.24) is 5.32 Å². The maximum Gasteiger partial charge on any atom is 0.258 e. The van der Waals surface area contributed by atoms with Crippen molar-refractivity contribution in [1.29, 1.82) is 0 Å². The third-order valence-electron chi connectivity index (χ3n) is 3.27. The van der Waals surface area contributed by atoms with Gasteiger partial charge in [0, 0.05) is 12.1 Å². The summed E-state index contributed by atoms with van der Waals surface area (Å²) in [6.45, 7) is 3.47. The minimum absolute atomic E-state index is 0.0266. The van der Waals surface area contributed by atoms with Gasteiger partial charge in [0.15, 0.2) is 0 Å². The van der Waals surface area contributed by atoms with Crippen molar-refractivity contribution in [2.24, 2.45) is 5.73 Å². The lowest BCUT2D eigenvalue weighted by Gasteiger charge is -2.31. The number of hydrogen-bond acceptors (Lipinski definition) is 2. The molecule has 0 aliphatic carbocycles. The van der Waals surface area contributed by atoms with Gasteiger partial charge in [-0.25, -0.2) is 13.2 Å². The van der Waals surface area contributed by atoms with Crippen molar-refractivity contribution in [3.8, 4) is 0 Å². The lowest BCUT2D eigenvalue weighted by molar-refractivity contribution is 0.0911. The molecule has 0 aliphatic rings. The van der Waals surface area contributed by atoms with E-state index >= 15 is 0 Å². The summed E-state index contributed by atoms with van der Waals surface area (Å²) in [6, 6.07) is 0.886. The molecule has 3 N–H and O–H groups in total. The van der Waals surface area contributed by atoms with Gasteiger partial charge in [0.1, 0.15) is 23.0 Å². The zero-order valence-corrected chi connectivity index (χ0v) is 11.9. The van der Waals surface area contributed by atoms with Crippen LogP contribution in [-0.4, -0.2) is 16.4 Å². The van der Waals surface area contributed by atoms with Crippen LogP contribution in [0.2, 0.25) is 0 Å². The summed E-state index contributed by atoms with van der Waals surface area (Å²) in [5, 5.41) is 2.44. The first-order valence-corrected chi connectivity index (χ1v) is 6.45. The van der Waals surface area contributed by atoms with Gasteiger partial charge < -0.3 is 11.1 Å². The molecule has 1 amide bonds. The summed E-state index contributed by atoms with van der Waals surface area (Å²) in [4.78, 5) is 12.0. The molecule has 0 aliphatic heterocycles. The van der Waals surface area contributed by atoms with Gasteiger partial charge >= 0.3 is 0 Å². The lowest BCUT2D eigenvalue weighted by atomic mass is 9.92. The van der Waals surface area contributed by atoms with Crippen LogP contribution in [0.1, 0.15) is 37.0 Å². The second-order valence-corrected chi connectivity index (χ2v) is 4.79. The topological polar surface area (TPSA) is 55.1 Å². The number of carbonyl (C=O) groups is 1. The molecule has 0 heterocycles. The summed E-state index contributed by atoms with van der Waals surface area (Å²) in [7, 11) is 0. The fourth-order valence-electron chi connectivity index (χ4n) is 1.88. The van der Waals surface area contributed by atoms with E-state index < -0.39 is 34.5 Å². The van der Waals surface area contributed by atoms with Gasteiger partial charge in [-0.05, 0) is 12.8 Å². The van der Waals surface area contributed by atoms with E-state index in [0.29, 0.717) is 25.0 Å². The van der Waals surface area contributed by atoms with Crippen LogP contribution in [0.15, 0.2) is 12.1 Å². The number of hydrogen-bond donors (Lipinski definition) is 2. The molecule has 0 spiro atoms. The van der Waals surface area contributed by atoms with Gasteiger partial charge in [0.05, 0.1) is 10.5 Å². The minimum Gasteiger partial charge on any atom is -0.391 e. The Morgan fingerprint density at radius 2 is 1.70 bits per heavy atom. The predicted octanol–water partition coefficient (Wildman–Crippen LogP) is 2.68. The van der Waals surface area contributed by atoms with E-state index in [-0.39, 0.29) is 4.99 Å². The fraction of sp³-hybridized carbons (Fsp3) is 0.385. The number of halogens is 3.